The molecule has 1 aromatic heterocycles. The highest BCUT2D eigenvalue weighted by Gasteiger charge is 2.23. The molecule has 0 saturated heterocycles. The fourth-order valence-corrected chi connectivity index (χ4v) is 2.66. The Kier molecular flexibility index (Phi) is 4.70. The van der Waals surface area contributed by atoms with Crippen molar-refractivity contribution in [3.8, 4) is 0 Å². The maximum Gasteiger partial charge on any atom is 0.262 e. The van der Waals surface area contributed by atoms with Crippen LogP contribution < -0.4 is 10.9 Å². The number of fused-ring (bicyclic) bond motifs is 1. The fourth-order valence-electron chi connectivity index (χ4n) is 2.66. The van der Waals surface area contributed by atoms with Crippen LogP contribution in [0.25, 0.3) is 10.9 Å². The summed E-state index contributed by atoms with van der Waals surface area (Å²) in [6.07, 6.45) is 1.22. The summed E-state index contributed by atoms with van der Waals surface area (Å²) >= 11 is 0. The number of carbonyl (C=O) groups excluding carboxylic acids is 2. The zero-order valence-electron chi connectivity index (χ0n) is 12.9. The third-order valence-electron chi connectivity index (χ3n) is 3.73. The molecule has 0 radical (unpaired) electrons. The number of nitrogens with zero attached hydrogens (tertiary/aromatic N) is 2. The summed E-state index contributed by atoms with van der Waals surface area (Å²) in [6.45, 7) is 3.53. The molecule has 2 aromatic rings. The van der Waals surface area contributed by atoms with Gasteiger partial charge in [0.15, 0.2) is 0 Å². The van der Waals surface area contributed by atoms with Gasteiger partial charge in [0.05, 0.1) is 10.9 Å². The van der Waals surface area contributed by atoms with Crippen LogP contribution in [0.1, 0.15) is 30.3 Å². The molecule has 1 aromatic carbocycles. The lowest BCUT2D eigenvalue weighted by atomic mass is 10.1. The van der Waals surface area contributed by atoms with Crippen molar-refractivity contribution in [2.24, 2.45) is 0 Å². The van der Waals surface area contributed by atoms with Crippen LogP contribution in [0.3, 0.4) is 0 Å². The lowest BCUT2D eigenvalue weighted by Crippen LogP contribution is -2.37. The van der Waals surface area contributed by atoms with Crippen molar-refractivity contribution < 1.29 is 9.59 Å². The number of hydrogen-bond donors (Lipinski definition) is 1. The molecule has 6 nitrogen and oxygen atoms in total. The first-order chi connectivity index (χ1) is 10.5. The van der Waals surface area contributed by atoms with E-state index >= 15 is 0 Å². The van der Waals surface area contributed by atoms with E-state index in [1.165, 1.54) is 11.6 Å². The zero-order valence-corrected chi connectivity index (χ0v) is 12.9. The quantitative estimate of drug-likeness (QED) is 0.844. The number of likely N-dealkylation sites (N-methyl/N-ethyl adjacent to an activating group) is 1. The van der Waals surface area contributed by atoms with E-state index in [0.29, 0.717) is 16.7 Å². The summed E-state index contributed by atoms with van der Waals surface area (Å²) < 4.78 is 1.39. The van der Waals surface area contributed by atoms with Crippen LogP contribution >= 0.6 is 0 Å². The Labute approximate surface area is 128 Å². The van der Waals surface area contributed by atoms with Crippen LogP contribution in [0.4, 0.5) is 0 Å². The zero-order chi connectivity index (χ0) is 16.3. The smallest absolute Gasteiger partial charge is 0.262 e. The minimum atomic E-state index is -0.737. The lowest BCUT2D eigenvalue weighted by Gasteiger charge is -2.20. The van der Waals surface area contributed by atoms with Crippen LogP contribution in [0.2, 0.25) is 0 Å². The summed E-state index contributed by atoms with van der Waals surface area (Å²) in [5, 5.41) is 3.05. The Hall–Kier alpha value is -2.50. The van der Waals surface area contributed by atoms with Crippen LogP contribution in [-0.4, -0.2) is 28.8 Å². The molecule has 0 bridgehead atoms. The summed E-state index contributed by atoms with van der Waals surface area (Å²) in [6, 6.07) is 4.72. The molecule has 2 rings (SSSR count). The number of benzene rings is 1. The summed E-state index contributed by atoms with van der Waals surface area (Å²) in [4.78, 5) is 40.1. The van der Waals surface area contributed by atoms with Gasteiger partial charge in [0.2, 0.25) is 5.91 Å². The molecule has 1 unspecified atom stereocenters. The predicted molar refractivity (Wildman–Crippen MR) is 83.9 cm³/mol. The monoisotopic (exact) mass is 301 g/mol. The molecule has 0 spiro atoms. The van der Waals surface area contributed by atoms with Gasteiger partial charge in [0.25, 0.3) is 5.56 Å². The maximum absolute atomic E-state index is 12.8. The third-order valence-corrected chi connectivity index (χ3v) is 3.73. The molecule has 0 fully saturated rings. The largest absolute Gasteiger partial charge is 0.357 e. The number of aryl methyl sites for hydroxylation is 2. The molecule has 1 N–H and O–H groups in total. The Balaban J connectivity index is 2.71. The van der Waals surface area contributed by atoms with Gasteiger partial charge in [0, 0.05) is 13.5 Å². The van der Waals surface area contributed by atoms with E-state index in [2.05, 4.69) is 10.3 Å². The standard InChI is InChI=1S/C16H19N3O3/c1-10-6-4-7-12-14(10)16(22)19(11(2)18-12)13(8-5-9-20)15(21)17-3/h4,6-7,9,13H,5,8H2,1-3H3,(H,17,21). The molecule has 0 aliphatic rings. The molecule has 1 heterocycles. The summed E-state index contributed by atoms with van der Waals surface area (Å²) in [7, 11) is 1.51. The third kappa shape index (κ3) is 2.77. The van der Waals surface area contributed by atoms with Gasteiger partial charge >= 0.3 is 0 Å². The van der Waals surface area contributed by atoms with Crippen LogP contribution in [0.5, 0.6) is 0 Å². The second kappa shape index (κ2) is 6.51. The van der Waals surface area contributed by atoms with Crippen molar-refractivity contribution in [3.05, 3.63) is 39.9 Å². The van der Waals surface area contributed by atoms with Crippen molar-refractivity contribution in [1.29, 1.82) is 0 Å². The summed E-state index contributed by atoms with van der Waals surface area (Å²) in [5.74, 6) is 0.157. The van der Waals surface area contributed by atoms with Gasteiger partial charge in [-0.1, -0.05) is 12.1 Å². The van der Waals surface area contributed by atoms with Crippen molar-refractivity contribution in [2.45, 2.75) is 32.7 Å². The van der Waals surface area contributed by atoms with Gasteiger partial charge in [-0.05, 0) is 31.9 Å². The second-order valence-corrected chi connectivity index (χ2v) is 5.18. The Morgan fingerprint density at radius 1 is 1.41 bits per heavy atom. The molecule has 22 heavy (non-hydrogen) atoms. The van der Waals surface area contributed by atoms with Crippen molar-refractivity contribution in [1.82, 2.24) is 14.9 Å². The molecule has 0 aliphatic heterocycles. The predicted octanol–water partition coefficient (Wildman–Crippen LogP) is 1.28. The van der Waals surface area contributed by atoms with Crippen molar-refractivity contribution >= 4 is 23.1 Å². The Bertz CT molecular complexity index is 780. The fraction of sp³-hybridized carbons (Fsp3) is 0.375. The average Bonchev–Trinajstić information content (AvgIpc) is 2.49. The number of rotatable bonds is 5. The minimum absolute atomic E-state index is 0.204. The van der Waals surface area contributed by atoms with E-state index in [-0.39, 0.29) is 24.3 Å². The van der Waals surface area contributed by atoms with E-state index < -0.39 is 6.04 Å². The molecule has 0 aliphatic carbocycles. The van der Waals surface area contributed by atoms with E-state index in [0.717, 1.165) is 11.8 Å². The van der Waals surface area contributed by atoms with Gasteiger partial charge in [0.1, 0.15) is 18.2 Å². The molecule has 116 valence electrons. The molecule has 1 atom stereocenters. The number of aromatic nitrogens is 2. The van der Waals surface area contributed by atoms with E-state index in [4.69, 9.17) is 0 Å². The Morgan fingerprint density at radius 3 is 2.77 bits per heavy atom. The Morgan fingerprint density at radius 2 is 2.14 bits per heavy atom. The molecule has 1 amide bonds. The number of aldehydes is 1. The lowest BCUT2D eigenvalue weighted by molar-refractivity contribution is -0.124. The van der Waals surface area contributed by atoms with E-state index in [9.17, 15) is 14.4 Å². The molecule has 6 heteroatoms. The van der Waals surface area contributed by atoms with Crippen LogP contribution in [0, 0.1) is 13.8 Å². The van der Waals surface area contributed by atoms with Gasteiger partial charge in [-0.15, -0.1) is 0 Å². The minimum Gasteiger partial charge on any atom is -0.357 e. The number of amides is 1. The van der Waals surface area contributed by atoms with Crippen LogP contribution in [-0.2, 0) is 9.59 Å². The first-order valence-corrected chi connectivity index (χ1v) is 7.15. The molecular weight excluding hydrogens is 282 g/mol. The SMILES string of the molecule is CNC(=O)C(CCC=O)n1c(C)nc2cccc(C)c2c1=O. The number of hydrogen-bond acceptors (Lipinski definition) is 4. The highest BCUT2D eigenvalue weighted by atomic mass is 16.2. The maximum atomic E-state index is 12.8. The van der Waals surface area contributed by atoms with Gasteiger partial charge in [-0.2, -0.15) is 0 Å². The first kappa shape index (κ1) is 15.9. The topological polar surface area (TPSA) is 81.1 Å². The second-order valence-electron chi connectivity index (χ2n) is 5.18. The van der Waals surface area contributed by atoms with Crippen LogP contribution in [0.15, 0.2) is 23.0 Å². The van der Waals surface area contributed by atoms with Gasteiger partial charge < -0.3 is 10.1 Å². The highest BCUT2D eigenvalue weighted by Crippen LogP contribution is 2.18. The molecule has 0 saturated carbocycles. The molecular formula is C16H19N3O3. The normalized spacial score (nSPS) is 12.1. The first-order valence-electron chi connectivity index (χ1n) is 7.15. The van der Waals surface area contributed by atoms with Gasteiger partial charge in [-0.3, -0.25) is 14.2 Å². The van der Waals surface area contributed by atoms with Crippen molar-refractivity contribution in [2.75, 3.05) is 7.05 Å². The van der Waals surface area contributed by atoms with Gasteiger partial charge in [-0.25, -0.2) is 4.98 Å². The van der Waals surface area contributed by atoms with E-state index in [1.807, 2.05) is 19.1 Å². The highest BCUT2D eigenvalue weighted by molar-refractivity contribution is 5.83. The summed E-state index contributed by atoms with van der Waals surface area (Å²) in [5.41, 5.74) is 1.18. The average molecular weight is 301 g/mol. The van der Waals surface area contributed by atoms with Crippen molar-refractivity contribution in [3.63, 3.8) is 0 Å². The number of nitrogens with one attached hydrogen (secondary N) is 1. The van der Waals surface area contributed by atoms with E-state index in [1.54, 1.807) is 13.0 Å². The number of carbonyl (C=O) groups is 2.